The lowest BCUT2D eigenvalue weighted by Gasteiger charge is -2.26. The number of benzene rings is 1. The molecule has 2 fully saturated rings. The highest BCUT2D eigenvalue weighted by molar-refractivity contribution is 5.81. The summed E-state index contributed by atoms with van der Waals surface area (Å²) in [7, 11) is 0. The predicted octanol–water partition coefficient (Wildman–Crippen LogP) is 3.30. The van der Waals surface area contributed by atoms with Crippen LogP contribution < -0.4 is 15.5 Å². The third kappa shape index (κ3) is 5.81. The van der Waals surface area contributed by atoms with E-state index in [-0.39, 0.29) is 12.0 Å². The Hall–Kier alpha value is -2.50. The Kier molecular flexibility index (Phi) is 7.49. The third-order valence-electron chi connectivity index (χ3n) is 6.65. The zero-order valence-corrected chi connectivity index (χ0v) is 18.9. The van der Waals surface area contributed by atoms with E-state index in [4.69, 9.17) is 4.99 Å². The molecule has 1 saturated heterocycles. The monoisotopic (exact) mass is 423 g/mol. The quantitative estimate of drug-likeness (QED) is 0.419. The van der Waals surface area contributed by atoms with Crippen molar-refractivity contribution < 1.29 is 4.79 Å². The predicted molar refractivity (Wildman–Crippen MR) is 127 cm³/mol. The minimum atomic E-state index is 0.257. The minimum Gasteiger partial charge on any atom is -0.364 e. The minimum absolute atomic E-state index is 0.257. The number of anilines is 1. The van der Waals surface area contributed by atoms with Gasteiger partial charge in [0, 0.05) is 50.4 Å². The van der Waals surface area contributed by atoms with Crippen molar-refractivity contribution >= 4 is 17.6 Å². The van der Waals surface area contributed by atoms with E-state index in [9.17, 15) is 4.79 Å². The molecule has 0 bridgehead atoms. The van der Waals surface area contributed by atoms with Gasteiger partial charge in [-0.1, -0.05) is 43.5 Å². The number of rotatable bonds is 6. The molecule has 168 valence electrons. The van der Waals surface area contributed by atoms with Crippen molar-refractivity contribution in [3.05, 3.63) is 42.0 Å². The Morgan fingerprint density at radius 2 is 1.94 bits per heavy atom. The molecule has 1 amide bonds. The van der Waals surface area contributed by atoms with Crippen molar-refractivity contribution in [1.29, 1.82) is 0 Å². The van der Waals surface area contributed by atoms with Crippen LogP contribution in [0.2, 0.25) is 0 Å². The van der Waals surface area contributed by atoms with Gasteiger partial charge >= 0.3 is 0 Å². The van der Waals surface area contributed by atoms with Crippen molar-refractivity contribution in [1.82, 2.24) is 15.5 Å². The van der Waals surface area contributed by atoms with Gasteiger partial charge in [0.05, 0.1) is 6.54 Å². The SMILES string of the molecule is CCNC(=NCc1cccc(N2CC=CC2)c1)NC1CCN(C(=O)C2CCCCC2)C1. The van der Waals surface area contributed by atoms with E-state index in [0.717, 1.165) is 57.9 Å². The molecule has 0 radical (unpaired) electrons. The first-order chi connectivity index (χ1) is 15.2. The standard InChI is InChI=1S/C25H37N5O/c1-2-26-25(27-18-20-9-8-12-23(17-20)29-14-6-7-15-29)28-22-13-16-30(19-22)24(31)21-10-4-3-5-11-21/h6-9,12,17,21-22H,2-5,10-11,13-16,18-19H2,1H3,(H2,26,27,28). The lowest BCUT2D eigenvalue weighted by Crippen LogP contribution is -2.45. The summed E-state index contributed by atoms with van der Waals surface area (Å²) >= 11 is 0. The van der Waals surface area contributed by atoms with Crippen molar-refractivity contribution in [3.8, 4) is 0 Å². The van der Waals surface area contributed by atoms with Gasteiger partial charge in [-0.15, -0.1) is 0 Å². The summed E-state index contributed by atoms with van der Waals surface area (Å²) in [4.78, 5) is 22.1. The van der Waals surface area contributed by atoms with Gasteiger partial charge in [0.15, 0.2) is 5.96 Å². The van der Waals surface area contributed by atoms with E-state index in [2.05, 4.69) is 63.8 Å². The van der Waals surface area contributed by atoms with Gasteiger partial charge in [-0.3, -0.25) is 4.79 Å². The van der Waals surface area contributed by atoms with E-state index >= 15 is 0 Å². The van der Waals surface area contributed by atoms with Gasteiger partial charge < -0.3 is 20.4 Å². The second-order valence-corrected chi connectivity index (χ2v) is 8.99. The van der Waals surface area contributed by atoms with Crippen LogP contribution in [0.25, 0.3) is 0 Å². The molecule has 1 aromatic carbocycles. The Labute approximate surface area is 186 Å². The molecule has 1 aromatic rings. The zero-order chi connectivity index (χ0) is 21.5. The maximum Gasteiger partial charge on any atom is 0.225 e. The molecular weight excluding hydrogens is 386 g/mol. The molecule has 6 nitrogen and oxygen atoms in total. The van der Waals surface area contributed by atoms with E-state index in [0.29, 0.717) is 12.5 Å². The molecule has 2 heterocycles. The van der Waals surface area contributed by atoms with E-state index < -0.39 is 0 Å². The van der Waals surface area contributed by atoms with Crippen LogP contribution in [-0.2, 0) is 11.3 Å². The molecule has 1 unspecified atom stereocenters. The van der Waals surface area contributed by atoms with Gasteiger partial charge in [0.25, 0.3) is 0 Å². The van der Waals surface area contributed by atoms with Crippen LogP contribution in [0.4, 0.5) is 5.69 Å². The molecule has 0 spiro atoms. The molecule has 31 heavy (non-hydrogen) atoms. The summed E-state index contributed by atoms with van der Waals surface area (Å²) in [5.74, 6) is 1.47. The molecule has 1 aliphatic carbocycles. The van der Waals surface area contributed by atoms with Gasteiger partial charge in [0.1, 0.15) is 0 Å². The van der Waals surface area contributed by atoms with Crippen LogP contribution >= 0.6 is 0 Å². The molecule has 2 N–H and O–H groups in total. The van der Waals surface area contributed by atoms with Gasteiger partial charge in [-0.2, -0.15) is 0 Å². The number of amides is 1. The smallest absolute Gasteiger partial charge is 0.225 e. The van der Waals surface area contributed by atoms with Crippen LogP contribution in [0, 0.1) is 5.92 Å². The summed E-state index contributed by atoms with van der Waals surface area (Å²) in [5.41, 5.74) is 2.46. The third-order valence-corrected chi connectivity index (χ3v) is 6.65. The Balaban J connectivity index is 1.32. The number of nitrogens with zero attached hydrogens (tertiary/aromatic N) is 3. The summed E-state index contributed by atoms with van der Waals surface area (Å²) < 4.78 is 0. The van der Waals surface area contributed by atoms with Crippen LogP contribution in [0.5, 0.6) is 0 Å². The maximum absolute atomic E-state index is 12.9. The molecule has 2 aliphatic heterocycles. The Morgan fingerprint density at radius 3 is 2.71 bits per heavy atom. The van der Waals surface area contributed by atoms with Crippen molar-refractivity contribution in [2.75, 3.05) is 37.6 Å². The second kappa shape index (κ2) is 10.7. The van der Waals surface area contributed by atoms with Crippen molar-refractivity contribution in [2.45, 2.75) is 58.0 Å². The van der Waals surface area contributed by atoms with Crippen LogP contribution in [0.1, 0.15) is 51.0 Å². The molecule has 6 heteroatoms. The lowest BCUT2D eigenvalue weighted by molar-refractivity contribution is -0.135. The Morgan fingerprint density at radius 1 is 1.13 bits per heavy atom. The van der Waals surface area contributed by atoms with E-state index in [1.807, 2.05) is 0 Å². The van der Waals surface area contributed by atoms with E-state index in [1.165, 1.54) is 30.5 Å². The molecule has 3 aliphatic rings. The highest BCUT2D eigenvalue weighted by Gasteiger charge is 2.31. The zero-order valence-electron chi connectivity index (χ0n) is 18.9. The first-order valence-corrected chi connectivity index (χ1v) is 12.1. The molecule has 4 rings (SSSR count). The first kappa shape index (κ1) is 21.7. The summed E-state index contributed by atoms with van der Waals surface area (Å²) in [6.07, 6.45) is 11.3. The molecular formula is C25H37N5O. The number of carbonyl (C=O) groups is 1. The molecule has 0 aromatic heterocycles. The average molecular weight is 424 g/mol. The van der Waals surface area contributed by atoms with Crippen molar-refractivity contribution in [3.63, 3.8) is 0 Å². The number of hydrogen-bond donors (Lipinski definition) is 2. The fraction of sp³-hybridized carbons (Fsp3) is 0.600. The topological polar surface area (TPSA) is 60.0 Å². The fourth-order valence-corrected chi connectivity index (χ4v) is 4.91. The normalized spacial score (nSPS) is 22.2. The molecule has 1 saturated carbocycles. The van der Waals surface area contributed by atoms with Crippen LogP contribution in [-0.4, -0.2) is 55.5 Å². The van der Waals surface area contributed by atoms with Gasteiger partial charge in [-0.25, -0.2) is 4.99 Å². The van der Waals surface area contributed by atoms with Crippen molar-refractivity contribution in [2.24, 2.45) is 10.9 Å². The van der Waals surface area contributed by atoms with E-state index in [1.54, 1.807) is 0 Å². The number of likely N-dealkylation sites (tertiary alicyclic amines) is 1. The Bertz CT molecular complexity index is 791. The highest BCUT2D eigenvalue weighted by atomic mass is 16.2. The number of nitrogens with one attached hydrogen (secondary N) is 2. The van der Waals surface area contributed by atoms with Crippen LogP contribution in [0.3, 0.4) is 0 Å². The maximum atomic E-state index is 12.9. The summed E-state index contributed by atoms with van der Waals surface area (Å²) in [6.45, 7) is 7.16. The average Bonchev–Trinajstić information content (AvgIpc) is 3.51. The summed E-state index contributed by atoms with van der Waals surface area (Å²) in [6, 6.07) is 8.93. The number of hydrogen-bond acceptors (Lipinski definition) is 3. The van der Waals surface area contributed by atoms with Crippen LogP contribution in [0.15, 0.2) is 41.4 Å². The largest absolute Gasteiger partial charge is 0.364 e. The first-order valence-electron chi connectivity index (χ1n) is 12.1. The number of aliphatic imine (C=N–C) groups is 1. The highest BCUT2D eigenvalue weighted by Crippen LogP contribution is 2.27. The van der Waals surface area contributed by atoms with Gasteiger partial charge in [-0.05, 0) is 43.9 Å². The molecule has 1 atom stereocenters. The fourth-order valence-electron chi connectivity index (χ4n) is 4.91. The lowest BCUT2D eigenvalue weighted by atomic mass is 9.88. The number of guanidine groups is 1. The van der Waals surface area contributed by atoms with Gasteiger partial charge in [0.2, 0.25) is 5.91 Å². The summed E-state index contributed by atoms with van der Waals surface area (Å²) in [5, 5.41) is 6.94. The second-order valence-electron chi connectivity index (χ2n) is 8.99. The number of carbonyl (C=O) groups excluding carboxylic acids is 1.